The van der Waals surface area contributed by atoms with Gasteiger partial charge in [-0.1, -0.05) is 0 Å². The SMILES string of the molecule is CNC(C)(CN1CCN(C)C(C)(C)C1)C(N)=O. The van der Waals surface area contributed by atoms with Crippen molar-refractivity contribution in [2.45, 2.75) is 31.8 Å². The maximum absolute atomic E-state index is 11.5. The van der Waals surface area contributed by atoms with Gasteiger partial charge < -0.3 is 11.1 Å². The molecule has 17 heavy (non-hydrogen) atoms. The molecule has 1 atom stereocenters. The first-order valence-electron chi connectivity index (χ1n) is 6.14. The van der Waals surface area contributed by atoms with Gasteiger partial charge in [0.2, 0.25) is 5.91 Å². The highest BCUT2D eigenvalue weighted by Crippen LogP contribution is 2.20. The average Bonchev–Trinajstić information content (AvgIpc) is 2.22. The minimum atomic E-state index is -0.647. The topological polar surface area (TPSA) is 61.6 Å². The number of rotatable bonds is 4. The van der Waals surface area contributed by atoms with Crippen molar-refractivity contribution in [1.82, 2.24) is 15.1 Å². The molecule has 1 saturated heterocycles. The second-order valence-corrected chi connectivity index (χ2v) is 5.89. The number of carbonyl (C=O) groups excluding carboxylic acids is 1. The number of likely N-dealkylation sites (N-methyl/N-ethyl adjacent to an activating group) is 2. The fraction of sp³-hybridized carbons (Fsp3) is 0.917. The molecule has 1 amide bonds. The Morgan fingerprint density at radius 1 is 1.47 bits per heavy atom. The Morgan fingerprint density at radius 2 is 2.06 bits per heavy atom. The molecule has 0 saturated carbocycles. The summed E-state index contributed by atoms with van der Waals surface area (Å²) in [6.07, 6.45) is 0. The van der Waals surface area contributed by atoms with Gasteiger partial charge in [-0.25, -0.2) is 0 Å². The Balaban J connectivity index is 2.67. The van der Waals surface area contributed by atoms with E-state index in [9.17, 15) is 4.79 Å². The van der Waals surface area contributed by atoms with Crippen molar-refractivity contribution in [3.63, 3.8) is 0 Å². The van der Waals surface area contributed by atoms with Crippen molar-refractivity contribution < 1.29 is 4.79 Å². The molecule has 1 aliphatic heterocycles. The van der Waals surface area contributed by atoms with Gasteiger partial charge in [-0.3, -0.25) is 14.6 Å². The van der Waals surface area contributed by atoms with Crippen LogP contribution >= 0.6 is 0 Å². The molecule has 100 valence electrons. The highest BCUT2D eigenvalue weighted by atomic mass is 16.1. The summed E-state index contributed by atoms with van der Waals surface area (Å²) in [5.41, 5.74) is 4.95. The first-order chi connectivity index (χ1) is 7.71. The average molecular weight is 242 g/mol. The van der Waals surface area contributed by atoms with Crippen molar-refractivity contribution in [2.75, 3.05) is 40.3 Å². The van der Waals surface area contributed by atoms with E-state index in [1.165, 1.54) is 0 Å². The van der Waals surface area contributed by atoms with E-state index < -0.39 is 5.54 Å². The van der Waals surface area contributed by atoms with Gasteiger partial charge in [0.05, 0.1) is 0 Å². The maximum atomic E-state index is 11.5. The number of piperazine rings is 1. The van der Waals surface area contributed by atoms with Crippen LogP contribution in [0, 0.1) is 0 Å². The van der Waals surface area contributed by atoms with Crippen LogP contribution in [0.15, 0.2) is 0 Å². The molecule has 1 heterocycles. The Hall–Kier alpha value is -0.650. The number of hydrogen-bond donors (Lipinski definition) is 2. The van der Waals surface area contributed by atoms with Crippen molar-refractivity contribution in [2.24, 2.45) is 5.73 Å². The summed E-state index contributed by atoms with van der Waals surface area (Å²) in [7, 11) is 3.93. The molecule has 0 aliphatic carbocycles. The van der Waals surface area contributed by atoms with Crippen LogP contribution in [-0.4, -0.2) is 67.1 Å². The summed E-state index contributed by atoms with van der Waals surface area (Å²) < 4.78 is 0. The molecule has 0 radical (unpaired) electrons. The molecule has 1 unspecified atom stereocenters. The lowest BCUT2D eigenvalue weighted by Gasteiger charge is -2.47. The van der Waals surface area contributed by atoms with E-state index in [1.807, 2.05) is 6.92 Å². The van der Waals surface area contributed by atoms with Gasteiger partial charge in [0.25, 0.3) is 0 Å². The lowest BCUT2D eigenvalue weighted by molar-refractivity contribution is -0.125. The van der Waals surface area contributed by atoms with Crippen LogP contribution in [0.2, 0.25) is 0 Å². The van der Waals surface area contributed by atoms with Crippen LogP contribution in [-0.2, 0) is 4.79 Å². The van der Waals surface area contributed by atoms with E-state index in [-0.39, 0.29) is 11.4 Å². The molecule has 0 aromatic carbocycles. The molecular formula is C12H26N4O. The van der Waals surface area contributed by atoms with Gasteiger partial charge in [-0.05, 0) is 34.9 Å². The predicted molar refractivity (Wildman–Crippen MR) is 69.8 cm³/mol. The number of carbonyl (C=O) groups is 1. The zero-order valence-electron chi connectivity index (χ0n) is 11.7. The normalized spacial score (nSPS) is 25.5. The molecule has 1 fully saturated rings. The number of nitrogens with one attached hydrogen (secondary N) is 1. The zero-order chi connectivity index (χ0) is 13.3. The Bertz CT molecular complexity index is 292. The van der Waals surface area contributed by atoms with E-state index in [1.54, 1.807) is 7.05 Å². The molecule has 1 rings (SSSR count). The van der Waals surface area contributed by atoms with Gasteiger partial charge in [0, 0.05) is 31.7 Å². The summed E-state index contributed by atoms with van der Waals surface area (Å²) in [6.45, 7) is 9.92. The molecule has 3 N–H and O–H groups in total. The van der Waals surface area contributed by atoms with Crippen molar-refractivity contribution >= 4 is 5.91 Å². The van der Waals surface area contributed by atoms with E-state index in [0.29, 0.717) is 6.54 Å². The Morgan fingerprint density at radius 3 is 2.47 bits per heavy atom. The highest BCUT2D eigenvalue weighted by Gasteiger charge is 2.36. The number of nitrogens with two attached hydrogens (primary N) is 1. The van der Waals surface area contributed by atoms with Crippen LogP contribution in [0.3, 0.4) is 0 Å². The van der Waals surface area contributed by atoms with Crippen LogP contribution < -0.4 is 11.1 Å². The Kier molecular flexibility index (Phi) is 4.17. The molecule has 5 nitrogen and oxygen atoms in total. The quantitative estimate of drug-likeness (QED) is 0.696. The Labute approximate surface area is 104 Å². The van der Waals surface area contributed by atoms with E-state index in [4.69, 9.17) is 5.73 Å². The largest absolute Gasteiger partial charge is 0.368 e. The highest BCUT2D eigenvalue weighted by molar-refractivity contribution is 5.84. The van der Waals surface area contributed by atoms with Crippen molar-refractivity contribution in [1.29, 1.82) is 0 Å². The third-order valence-corrected chi connectivity index (χ3v) is 4.03. The first-order valence-corrected chi connectivity index (χ1v) is 6.14. The van der Waals surface area contributed by atoms with Gasteiger partial charge in [0.1, 0.15) is 5.54 Å². The zero-order valence-corrected chi connectivity index (χ0v) is 11.7. The summed E-state index contributed by atoms with van der Waals surface area (Å²) in [5.74, 6) is -0.295. The molecule has 0 aromatic heterocycles. The third kappa shape index (κ3) is 3.18. The van der Waals surface area contributed by atoms with Crippen LogP contribution in [0.1, 0.15) is 20.8 Å². The van der Waals surface area contributed by atoms with Crippen molar-refractivity contribution in [3.8, 4) is 0 Å². The summed E-state index contributed by atoms with van der Waals surface area (Å²) >= 11 is 0. The second kappa shape index (κ2) is 4.92. The molecular weight excluding hydrogens is 216 g/mol. The monoisotopic (exact) mass is 242 g/mol. The van der Waals surface area contributed by atoms with Crippen LogP contribution in [0.25, 0.3) is 0 Å². The number of hydrogen-bond acceptors (Lipinski definition) is 4. The van der Waals surface area contributed by atoms with Crippen molar-refractivity contribution in [3.05, 3.63) is 0 Å². The molecule has 0 spiro atoms. The van der Waals surface area contributed by atoms with Crippen LogP contribution in [0.5, 0.6) is 0 Å². The molecule has 0 aromatic rings. The van der Waals surface area contributed by atoms with Gasteiger partial charge >= 0.3 is 0 Å². The first kappa shape index (κ1) is 14.4. The minimum Gasteiger partial charge on any atom is -0.368 e. The van der Waals surface area contributed by atoms with E-state index >= 15 is 0 Å². The molecule has 5 heteroatoms. The molecule has 1 aliphatic rings. The minimum absolute atomic E-state index is 0.143. The van der Waals surface area contributed by atoms with E-state index in [2.05, 4.69) is 36.0 Å². The summed E-state index contributed by atoms with van der Waals surface area (Å²) in [5, 5.41) is 3.03. The van der Waals surface area contributed by atoms with Gasteiger partial charge in [-0.2, -0.15) is 0 Å². The van der Waals surface area contributed by atoms with Gasteiger partial charge in [0.15, 0.2) is 0 Å². The van der Waals surface area contributed by atoms with Crippen LogP contribution in [0.4, 0.5) is 0 Å². The smallest absolute Gasteiger partial charge is 0.238 e. The fourth-order valence-corrected chi connectivity index (χ4v) is 2.20. The lowest BCUT2D eigenvalue weighted by Crippen LogP contribution is -2.64. The number of primary amides is 1. The standard InChI is InChI=1S/C12H26N4O/c1-11(2)8-16(7-6-15(11)5)9-12(3,14-4)10(13)17/h14H,6-9H2,1-5H3,(H2,13,17). The maximum Gasteiger partial charge on any atom is 0.238 e. The fourth-order valence-electron chi connectivity index (χ4n) is 2.20. The predicted octanol–water partition coefficient (Wildman–Crippen LogP) is -0.524. The number of amides is 1. The third-order valence-electron chi connectivity index (χ3n) is 4.03. The summed E-state index contributed by atoms with van der Waals surface area (Å²) in [4.78, 5) is 16.1. The molecule has 0 bridgehead atoms. The van der Waals surface area contributed by atoms with Gasteiger partial charge in [-0.15, -0.1) is 0 Å². The second-order valence-electron chi connectivity index (χ2n) is 5.89. The number of nitrogens with zero attached hydrogens (tertiary/aromatic N) is 2. The lowest BCUT2D eigenvalue weighted by atomic mass is 9.96. The van der Waals surface area contributed by atoms with E-state index in [0.717, 1.165) is 19.6 Å². The summed E-state index contributed by atoms with van der Waals surface area (Å²) in [6, 6.07) is 0.